The van der Waals surface area contributed by atoms with Gasteiger partial charge in [-0.2, -0.15) is 5.26 Å². The van der Waals surface area contributed by atoms with Gasteiger partial charge in [0.15, 0.2) is 0 Å². The molecule has 0 N–H and O–H groups in total. The van der Waals surface area contributed by atoms with Crippen LogP contribution in [0.1, 0.15) is 51.0 Å². The van der Waals surface area contributed by atoms with E-state index in [0.29, 0.717) is 18.3 Å². The predicted molar refractivity (Wildman–Crippen MR) is 83.3 cm³/mol. The lowest BCUT2D eigenvalue weighted by molar-refractivity contribution is -0.0158. The van der Waals surface area contributed by atoms with Crippen LogP contribution in [0.25, 0.3) is 0 Å². The van der Waals surface area contributed by atoms with Crippen molar-refractivity contribution < 1.29 is 9.47 Å². The lowest BCUT2D eigenvalue weighted by Gasteiger charge is -2.30. The van der Waals surface area contributed by atoms with Crippen LogP contribution in [0.2, 0.25) is 0 Å². The fourth-order valence-corrected chi connectivity index (χ4v) is 2.97. The molecular formula is C18H25NO2. The molecule has 2 rings (SSSR count). The highest BCUT2D eigenvalue weighted by Gasteiger charge is 2.23. The van der Waals surface area contributed by atoms with Gasteiger partial charge in [-0.1, -0.05) is 26.2 Å². The third kappa shape index (κ3) is 5.06. The van der Waals surface area contributed by atoms with E-state index in [1.165, 1.54) is 32.1 Å². The van der Waals surface area contributed by atoms with E-state index in [1.807, 2.05) is 12.1 Å². The van der Waals surface area contributed by atoms with Crippen LogP contribution in [0.15, 0.2) is 24.3 Å². The Morgan fingerprint density at radius 3 is 2.62 bits per heavy atom. The van der Waals surface area contributed by atoms with E-state index in [9.17, 15) is 0 Å². The van der Waals surface area contributed by atoms with Gasteiger partial charge in [-0.15, -0.1) is 0 Å². The van der Waals surface area contributed by atoms with Crippen LogP contribution in [-0.4, -0.2) is 19.3 Å². The van der Waals surface area contributed by atoms with Gasteiger partial charge in [0.25, 0.3) is 0 Å². The molecule has 3 nitrogen and oxygen atoms in total. The zero-order valence-corrected chi connectivity index (χ0v) is 12.9. The Balaban J connectivity index is 1.62. The molecule has 2 atom stereocenters. The monoisotopic (exact) mass is 287 g/mol. The number of nitrogens with zero attached hydrogens (tertiary/aromatic N) is 1. The third-order valence-corrected chi connectivity index (χ3v) is 4.24. The van der Waals surface area contributed by atoms with Gasteiger partial charge in [-0.3, -0.25) is 0 Å². The van der Waals surface area contributed by atoms with Gasteiger partial charge in [0, 0.05) is 6.42 Å². The largest absolute Gasteiger partial charge is 0.494 e. The zero-order chi connectivity index (χ0) is 14.9. The maximum Gasteiger partial charge on any atom is 0.119 e. The van der Waals surface area contributed by atoms with Crippen LogP contribution in [0.4, 0.5) is 0 Å². The zero-order valence-electron chi connectivity index (χ0n) is 12.9. The molecule has 1 fully saturated rings. The Labute approximate surface area is 127 Å². The van der Waals surface area contributed by atoms with E-state index in [0.717, 1.165) is 24.7 Å². The van der Waals surface area contributed by atoms with Crippen molar-refractivity contribution in [2.24, 2.45) is 5.92 Å². The Bertz CT molecular complexity index is 449. The first kappa shape index (κ1) is 15.9. The summed E-state index contributed by atoms with van der Waals surface area (Å²) >= 11 is 0. The second-order valence-electron chi connectivity index (χ2n) is 5.70. The highest BCUT2D eigenvalue weighted by Crippen LogP contribution is 2.29. The highest BCUT2D eigenvalue weighted by molar-refractivity contribution is 5.34. The lowest BCUT2D eigenvalue weighted by Crippen LogP contribution is -2.27. The van der Waals surface area contributed by atoms with Crippen LogP contribution in [-0.2, 0) is 4.74 Å². The summed E-state index contributed by atoms with van der Waals surface area (Å²) in [6.45, 7) is 3.70. The molecular weight excluding hydrogens is 262 g/mol. The minimum absolute atomic E-state index is 0.457. The van der Waals surface area contributed by atoms with Gasteiger partial charge >= 0.3 is 0 Å². The normalized spacial score (nSPS) is 21.7. The standard InChI is InChI=1S/C18H25NO2/c1-2-16-6-3-4-7-18(16)21-13-5-12-20-17-10-8-15(14-19)9-11-17/h8-11,16,18H,2-7,12-13H2,1H3. The van der Waals surface area contributed by atoms with Crippen molar-refractivity contribution in [2.45, 2.75) is 51.6 Å². The first-order valence-electron chi connectivity index (χ1n) is 8.08. The van der Waals surface area contributed by atoms with E-state index in [1.54, 1.807) is 12.1 Å². The third-order valence-electron chi connectivity index (χ3n) is 4.24. The summed E-state index contributed by atoms with van der Waals surface area (Å²) in [4.78, 5) is 0. The van der Waals surface area contributed by atoms with E-state index < -0.39 is 0 Å². The summed E-state index contributed by atoms with van der Waals surface area (Å²) < 4.78 is 11.7. The van der Waals surface area contributed by atoms with Gasteiger partial charge in [0.1, 0.15) is 5.75 Å². The second-order valence-corrected chi connectivity index (χ2v) is 5.70. The molecule has 0 saturated heterocycles. The van der Waals surface area contributed by atoms with Gasteiger partial charge in [0.2, 0.25) is 0 Å². The smallest absolute Gasteiger partial charge is 0.119 e. The molecule has 3 heteroatoms. The summed E-state index contributed by atoms with van der Waals surface area (Å²) in [7, 11) is 0. The molecule has 0 spiro atoms. The molecule has 2 unspecified atom stereocenters. The van der Waals surface area contributed by atoms with Crippen LogP contribution in [0, 0.1) is 17.2 Å². The molecule has 1 aliphatic rings. The molecule has 1 saturated carbocycles. The number of hydrogen-bond acceptors (Lipinski definition) is 3. The molecule has 0 heterocycles. The van der Waals surface area contributed by atoms with Gasteiger partial charge in [-0.25, -0.2) is 0 Å². The minimum atomic E-state index is 0.457. The molecule has 114 valence electrons. The van der Waals surface area contributed by atoms with Crippen LogP contribution >= 0.6 is 0 Å². The van der Waals surface area contributed by atoms with E-state index in [2.05, 4.69) is 13.0 Å². The summed E-state index contributed by atoms with van der Waals surface area (Å²) in [5.41, 5.74) is 0.661. The first-order chi connectivity index (χ1) is 10.3. The summed E-state index contributed by atoms with van der Waals surface area (Å²) in [5, 5.41) is 8.73. The summed E-state index contributed by atoms with van der Waals surface area (Å²) in [5.74, 6) is 1.57. The first-order valence-corrected chi connectivity index (χ1v) is 8.08. The van der Waals surface area contributed by atoms with Crippen molar-refractivity contribution in [3.05, 3.63) is 29.8 Å². The lowest BCUT2D eigenvalue weighted by atomic mass is 9.85. The number of ether oxygens (including phenoxy) is 2. The molecule has 1 aromatic rings. The van der Waals surface area contributed by atoms with Crippen LogP contribution in [0.3, 0.4) is 0 Å². The van der Waals surface area contributed by atoms with Gasteiger partial charge in [-0.05, 0) is 43.0 Å². The molecule has 0 bridgehead atoms. The van der Waals surface area contributed by atoms with Crippen molar-refractivity contribution in [2.75, 3.05) is 13.2 Å². The highest BCUT2D eigenvalue weighted by atomic mass is 16.5. The van der Waals surface area contributed by atoms with Gasteiger partial charge < -0.3 is 9.47 Å². The average molecular weight is 287 g/mol. The molecule has 0 aromatic heterocycles. The maximum atomic E-state index is 8.73. The molecule has 0 amide bonds. The molecule has 0 aliphatic heterocycles. The topological polar surface area (TPSA) is 42.2 Å². The minimum Gasteiger partial charge on any atom is -0.494 e. The van der Waals surface area contributed by atoms with Crippen molar-refractivity contribution in [1.29, 1.82) is 5.26 Å². The van der Waals surface area contributed by atoms with Crippen molar-refractivity contribution in [1.82, 2.24) is 0 Å². The number of hydrogen-bond donors (Lipinski definition) is 0. The summed E-state index contributed by atoms with van der Waals surface area (Å²) in [6.07, 6.45) is 7.80. The number of nitriles is 1. The Morgan fingerprint density at radius 2 is 1.90 bits per heavy atom. The van der Waals surface area contributed by atoms with E-state index in [-0.39, 0.29) is 0 Å². The second kappa shape index (κ2) is 8.69. The average Bonchev–Trinajstić information content (AvgIpc) is 2.55. The molecule has 1 aromatic carbocycles. The Morgan fingerprint density at radius 1 is 1.14 bits per heavy atom. The SMILES string of the molecule is CCC1CCCCC1OCCCOc1ccc(C#N)cc1. The predicted octanol–water partition coefficient (Wildman–Crippen LogP) is 4.31. The quantitative estimate of drug-likeness (QED) is 0.702. The Hall–Kier alpha value is -1.53. The molecule has 0 radical (unpaired) electrons. The van der Waals surface area contributed by atoms with E-state index >= 15 is 0 Å². The Kier molecular flexibility index (Phi) is 6.56. The maximum absolute atomic E-state index is 8.73. The van der Waals surface area contributed by atoms with Gasteiger partial charge in [0.05, 0.1) is 31.0 Å². The van der Waals surface area contributed by atoms with E-state index in [4.69, 9.17) is 14.7 Å². The van der Waals surface area contributed by atoms with Crippen LogP contribution in [0.5, 0.6) is 5.75 Å². The summed E-state index contributed by atoms with van der Waals surface area (Å²) in [6, 6.07) is 9.34. The van der Waals surface area contributed by atoms with Crippen molar-refractivity contribution >= 4 is 0 Å². The fraction of sp³-hybridized carbons (Fsp3) is 0.611. The number of rotatable bonds is 7. The fourth-order valence-electron chi connectivity index (χ4n) is 2.97. The van der Waals surface area contributed by atoms with Crippen molar-refractivity contribution in [3.63, 3.8) is 0 Å². The number of benzene rings is 1. The molecule has 21 heavy (non-hydrogen) atoms. The van der Waals surface area contributed by atoms with Crippen molar-refractivity contribution in [3.8, 4) is 11.8 Å². The van der Waals surface area contributed by atoms with Crippen LogP contribution < -0.4 is 4.74 Å². The molecule has 1 aliphatic carbocycles.